The summed E-state index contributed by atoms with van der Waals surface area (Å²) in [5.74, 6) is 0.727. The quantitative estimate of drug-likeness (QED) is 0.675. The molecule has 2 aliphatic rings. The minimum absolute atomic E-state index is 0.0123. The average molecular weight is 416 g/mol. The number of carbonyl (C=O) groups excluding carboxylic acids is 1. The molecule has 0 radical (unpaired) electrons. The highest BCUT2D eigenvalue weighted by Gasteiger charge is 2.61. The number of piperazine rings is 1. The van der Waals surface area contributed by atoms with E-state index in [-0.39, 0.29) is 28.2 Å². The van der Waals surface area contributed by atoms with Crippen molar-refractivity contribution in [3.05, 3.63) is 34.5 Å². The molecule has 2 atom stereocenters. The number of amides is 1. The lowest BCUT2D eigenvalue weighted by Crippen LogP contribution is -2.50. The maximum Gasteiger partial charge on any atom is 0.417 e. The third-order valence-electron chi connectivity index (χ3n) is 5.73. The van der Waals surface area contributed by atoms with Crippen molar-refractivity contribution in [2.45, 2.75) is 33.9 Å². The number of carbonyl (C=O) groups is 1. The maximum atomic E-state index is 12.9. The highest BCUT2D eigenvalue weighted by atomic mass is 35.5. The van der Waals surface area contributed by atoms with Crippen LogP contribution in [0.2, 0.25) is 5.02 Å². The number of hydrogen-bond acceptors (Lipinski definition) is 3. The van der Waals surface area contributed by atoms with Crippen molar-refractivity contribution in [3.8, 4) is 0 Å². The van der Waals surface area contributed by atoms with Crippen LogP contribution in [-0.2, 0) is 11.0 Å². The Morgan fingerprint density at radius 2 is 1.86 bits per heavy atom. The first-order valence-electron chi connectivity index (χ1n) is 9.34. The van der Waals surface area contributed by atoms with Crippen LogP contribution in [-0.4, -0.2) is 42.0 Å². The van der Waals surface area contributed by atoms with E-state index in [1.807, 2.05) is 23.6 Å². The smallest absolute Gasteiger partial charge is 0.352 e. The van der Waals surface area contributed by atoms with Gasteiger partial charge in [0.2, 0.25) is 5.91 Å². The molecule has 0 spiro atoms. The molecule has 0 aromatic carbocycles. The Labute approximate surface area is 168 Å². The van der Waals surface area contributed by atoms with E-state index < -0.39 is 11.7 Å². The Hall–Kier alpha value is -1.76. The molecule has 4 nitrogen and oxygen atoms in total. The second-order valence-electron chi connectivity index (χ2n) is 8.41. The fourth-order valence-electron chi connectivity index (χ4n) is 3.97. The first-order chi connectivity index (χ1) is 12.9. The van der Waals surface area contributed by atoms with E-state index in [4.69, 9.17) is 11.6 Å². The van der Waals surface area contributed by atoms with Gasteiger partial charge in [-0.1, -0.05) is 37.1 Å². The summed E-state index contributed by atoms with van der Waals surface area (Å²) in [5.41, 5.74) is 0.307. The van der Waals surface area contributed by atoms with Gasteiger partial charge >= 0.3 is 6.18 Å². The van der Waals surface area contributed by atoms with Crippen molar-refractivity contribution >= 4 is 23.3 Å². The van der Waals surface area contributed by atoms with Crippen molar-refractivity contribution in [3.63, 3.8) is 0 Å². The molecule has 154 valence electrons. The number of allylic oxidation sites excluding steroid dienone is 2. The van der Waals surface area contributed by atoms with Crippen LogP contribution in [0.5, 0.6) is 0 Å². The average Bonchev–Trinajstić information content (AvgIpc) is 3.13. The Morgan fingerprint density at radius 1 is 1.25 bits per heavy atom. The molecule has 1 saturated carbocycles. The van der Waals surface area contributed by atoms with E-state index in [9.17, 15) is 18.0 Å². The number of hydrogen-bond donors (Lipinski definition) is 0. The minimum Gasteiger partial charge on any atom is -0.352 e. The SMILES string of the molecule is CC(C)=CC1C(C(=O)N2CCN(c3ncc(C(F)(F)F)cc3Cl)CC2)C1(C)C. The predicted octanol–water partition coefficient (Wildman–Crippen LogP) is 4.64. The summed E-state index contributed by atoms with van der Waals surface area (Å²) in [7, 11) is 0. The van der Waals surface area contributed by atoms with Crippen molar-refractivity contribution < 1.29 is 18.0 Å². The molecule has 2 heterocycles. The molecule has 28 heavy (non-hydrogen) atoms. The molecule has 1 aromatic rings. The third kappa shape index (κ3) is 4.00. The van der Waals surface area contributed by atoms with Crippen LogP contribution < -0.4 is 4.90 Å². The van der Waals surface area contributed by atoms with Crippen LogP contribution in [0.25, 0.3) is 0 Å². The van der Waals surface area contributed by atoms with Gasteiger partial charge in [0.1, 0.15) is 5.82 Å². The molecule has 0 bridgehead atoms. The van der Waals surface area contributed by atoms with Gasteiger partial charge in [0.05, 0.1) is 16.5 Å². The summed E-state index contributed by atoms with van der Waals surface area (Å²) in [6.45, 7) is 10.3. The lowest BCUT2D eigenvalue weighted by molar-refractivity contribution is -0.138. The van der Waals surface area contributed by atoms with Gasteiger partial charge < -0.3 is 9.80 Å². The largest absolute Gasteiger partial charge is 0.417 e. The summed E-state index contributed by atoms with van der Waals surface area (Å²) < 4.78 is 38.3. The van der Waals surface area contributed by atoms with Crippen LogP contribution in [0.3, 0.4) is 0 Å². The molecule has 8 heteroatoms. The number of alkyl halides is 3. The molecule has 0 N–H and O–H groups in total. The molecular formula is C20H25ClF3N3O. The molecule has 1 aromatic heterocycles. The van der Waals surface area contributed by atoms with Crippen molar-refractivity contribution in [2.24, 2.45) is 17.3 Å². The van der Waals surface area contributed by atoms with Crippen LogP contribution in [0.1, 0.15) is 33.3 Å². The number of rotatable bonds is 3. The molecule has 1 amide bonds. The van der Waals surface area contributed by atoms with Crippen LogP contribution in [0.15, 0.2) is 23.9 Å². The Balaban J connectivity index is 1.64. The summed E-state index contributed by atoms with van der Waals surface area (Å²) >= 11 is 6.04. The van der Waals surface area contributed by atoms with Gasteiger partial charge in [-0.2, -0.15) is 13.2 Å². The Bertz CT molecular complexity index is 794. The highest BCUT2D eigenvalue weighted by Crippen LogP contribution is 2.60. The highest BCUT2D eigenvalue weighted by molar-refractivity contribution is 6.33. The van der Waals surface area contributed by atoms with Crippen LogP contribution in [0, 0.1) is 17.3 Å². The number of aromatic nitrogens is 1. The van der Waals surface area contributed by atoms with Gasteiger partial charge in [-0.05, 0) is 31.2 Å². The predicted molar refractivity (Wildman–Crippen MR) is 103 cm³/mol. The van der Waals surface area contributed by atoms with E-state index in [1.54, 1.807) is 0 Å². The Kier molecular flexibility index (Phi) is 5.42. The lowest BCUT2D eigenvalue weighted by atomic mass is 10.1. The molecule has 1 aliphatic heterocycles. The van der Waals surface area contributed by atoms with E-state index in [2.05, 4.69) is 24.9 Å². The lowest BCUT2D eigenvalue weighted by Gasteiger charge is -2.36. The number of halogens is 4. The van der Waals surface area contributed by atoms with Crippen molar-refractivity contribution in [1.82, 2.24) is 9.88 Å². The molecule has 2 fully saturated rings. The topological polar surface area (TPSA) is 36.4 Å². The second-order valence-corrected chi connectivity index (χ2v) is 8.82. The number of nitrogens with zero attached hydrogens (tertiary/aromatic N) is 3. The van der Waals surface area contributed by atoms with E-state index in [0.717, 1.165) is 12.3 Å². The minimum atomic E-state index is -4.47. The Morgan fingerprint density at radius 3 is 2.36 bits per heavy atom. The fourth-order valence-corrected chi connectivity index (χ4v) is 4.26. The van der Waals surface area contributed by atoms with E-state index in [1.165, 1.54) is 5.57 Å². The van der Waals surface area contributed by atoms with Gasteiger partial charge in [-0.25, -0.2) is 4.98 Å². The number of anilines is 1. The standard InChI is InChI=1S/C20H25ClF3N3O/c1-12(2)9-14-16(19(14,3)4)18(28)27-7-5-26(6-8-27)17-15(21)10-13(11-25-17)20(22,23)24/h9-11,14,16H,5-8H2,1-4H3. The van der Waals surface area contributed by atoms with Gasteiger partial charge in [0.25, 0.3) is 0 Å². The summed E-state index contributed by atoms with van der Waals surface area (Å²) in [6.07, 6.45) is -1.50. The van der Waals surface area contributed by atoms with E-state index >= 15 is 0 Å². The van der Waals surface area contributed by atoms with Gasteiger partial charge in [-0.3, -0.25) is 4.79 Å². The second kappa shape index (κ2) is 7.25. The zero-order valence-corrected chi connectivity index (χ0v) is 17.2. The summed E-state index contributed by atoms with van der Waals surface area (Å²) in [6, 6.07) is 0.901. The molecule has 1 aliphatic carbocycles. The van der Waals surface area contributed by atoms with Crippen LogP contribution >= 0.6 is 11.6 Å². The van der Waals surface area contributed by atoms with Crippen LogP contribution in [0.4, 0.5) is 19.0 Å². The molecular weight excluding hydrogens is 391 g/mol. The zero-order valence-electron chi connectivity index (χ0n) is 16.5. The maximum absolute atomic E-state index is 12.9. The van der Waals surface area contributed by atoms with Crippen molar-refractivity contribution in [2.75, 3.05) is 31.1 Å². The molecule has 1 saturated heterocycles. The van der Waals surface area contributed by atoms with E-state index in [0.29, 0.717) is 32.0 Å². The number of pyridine rings is 1. The van der Waals surface area contributed by atoms with Gasteiger partial charge in [-0.15, -0.1) is 0 Å². The summed E-state index contributed by atoms with van der Waals surface area (Å²) in [5, 5.41) is -0.0263. The first-order valence-corrected chi connectivity index (χ1v) is 9.72. The van der Waals surface area contributed by atoms with Gasteiger partial charge in [0, 0.05) is 32.4 Å². The first kappa shape index (κ1) is 21.0. The molecule has 2 unspecified atom stereocenters. The van der Waals surface area contributed by atoms with Crippen molar-refractivity contribution in [1.29, 1.82) is 0 Å². The monoisotopic (exact) mass is 415 g/mol. The zero-order chi connectivity index (χ0) is 20.9. The fraction of sp³-hybridized carbons (Fsp3) is 0.600. The van der Waals surface area contributed by atoms with Gasteiger partial charge in [0.15, 0.2) is 0 Å². The molecule has 3 rings (SSSR count). The summed E-state index contributed by atoms with van der Waals surface area (Å²) in [4.78, 5) is 20.5. The third-order valence-corrected chi connectivity index (χ3v) is 6.01. The normalized spacial score (nSPS) is 24.1.